The predicted octanol–water partition coefficient (Wildman–Crippen LogP) is 1.41. The first-order chi connectivity index (χ1) is 10.4. The van der Waals surface area contributed by atoms with Crippen LogP contribution in [-0.4, -0.2) is 44.9 Å². The first-order valence-electron chi connectivity index (χ1n) is 7.53. The van der Waals surface area contributed by atoms with Gasteiger partial charge in [-0.05, 0) is 50.2 Å². The van der Waals surface area contributed by atoms with E-state index < -0.39 is 10.0 Å². The fraction of sp³-hybridized carbons (Fsp3) is 0.533. The minimum absolute atomic E-state index is 0.0475. The number of anilines is 1. The summed E-state index contributed by atoms with van der Waals surface area (Å²) in [5, 5.41) is 2.62. The molecule has 0 bridgehead atoms. The molecule has 0 aromatic heterocycles. The lowest BCUT2D eigenvalue weighted by atomic mass is 10.1. The highest BCUT2D eigenvalue weighted by molar-refractivity contribution is 7.89. The number of sulfonamides is 1. The van der Waals surface area contributed by atoms with Gasteiger partial charge in [0.1, 0.15) is 0 Å². The normalized spacial score (nSPS) is 19.8. The number of hydrogen-bond acceptors (Lipinski definition) is 4. The lowest BCUT2D eigenvalue weighted by Gasteiger charge is -2.32. The summed E-state index contributed by atoms with van der Waals surface area (Å²) < 4.78 is 27.6. The van der Waals surface area contributed by atoms with Crippen molar-refractivity contribution < 1.29 is 13.2 Å². The Morgan fingerprint density at radius 2 is 2.00 bits per heavy atom. The van der Waals surface area contributed by atoms with E-state index >= 15 is 0 Å². The number of hydrogen-bond donors (Lipinski definition) is 2. The zero-order valence-corrected chi connectivity index (χ0v) is 13.8. The zero-order chi connectivity index (χ0) is 16.2. The smallest absolute Gasteiger partial charge is 0.240 e. The number of carbonyl (C=O) groups excluding carboxylic acids is 1. The topological polar surface area (TPSA) is 78.5 Å². The number of carbonyl (C=O) groups is 1. The highest BCUT2D eigenvalue weighted by Gasteiger charge is 2.24. The van der Waals surface area contributed by atoms with Crippen molar-refractivity contribution in [2.75, 3.05) is 25.0 Å². The molecular formula is C15H23N3O3S. The molecule has 2 N–H and O–H groups in total. The minimum atomic E-state index is -3.53. The number of amides is 1. The van der Waals surface area contributed by atoms with Gasteiger partial charge in [0.15, 0.2) is 0 Å². The maximum absolute atomic E-state index is 12.4. The summed E-state index contributed by atoms with van der Waals surface area (Å²) in [6.45, 7) is 6.20. The largest absolute Gasteiger partial charge is 0.326 e. The van der Waals surface area contributed by atoms with Gasteiger partial charge in [-0.1, -0.05) is 6.92 Å². The first-order valence-corrected chi connectivity index (χ1v) is 9.01. The minimum Gasteiger partial charge on any atom is -0.326 e. The van der Waals surface area contributed by atoms with E-state index in [0.29, 0.717) is 5.69 Å². The standard InChI is InChI=1S/C15H23N3O3S/c1-3-18-10-4-5-14(11-18)17-22(20,21)15-8-6-13(7-9-15)16-12(2)19/h6-9,14,17H,3-5,10-11H2,1-2H3,(H,16,19). The number of nitrogens with one attached hydrogen (secondary N) is 2. The molecule has 0 spiro atoms. The highest BCUT2D eigenvalue weighted by Crippen LogP contribution is 2.17. The maximum atomic E-state index is 12.4. The molecule has 122 valence electrons. The Morgan fingerprint density at radius 1 is 1.32 bits per heavy atom. The van der Waals surface area contributed by atoms with Crippen LogP contribution in [0.5, 0.6) is 0 Å². The van der Waals surface area contributed by atoms with E-state index in [1.54, 1.807) is 12.1 Å². The summed E-state index contributed by atoms with van der Waals surface area (Å²) in [5.41, 5.74) is 0.585. The lowest BCUT2D eigenvalue weighted by molar-refractivity contribution is -0.114. The summed E-state index contributed by atoms with van der Waals surface area (Å²) >= 11 is 0. The van der Waals surface area contributed by atoms with E-state index in [1.807, 2.05) is 0 Å². The van der Waals surface area contributed by atoms with Gasteiger partial charge in [0, 0.05) is 25.2 Å². The summed E-state index contributed by atoms with van der Waals surface area (Å²) in [4.78, 5) is 13.4. The van der Waals surface area contributed by atoms with Crippen LogP contribution in [0.1, 0.15) is 26.7 Å². The van der Waals surface area contributed by atoms with Crippen molar-refractivity contribution in [3.8, 4) is 0 Å². The molecule has 6 nitrogen and oxygen atoms in total. The summed E-state index contributed by atoms with van der Waals surface area (Å²) in [5.74, 6) is -0.185. The second-order valence-electron chi connectivity index (χ2n) is 5.56. The van der Waals surface area contributed by atoms with Gasteiger partial charge in [-0.15, -0.1) is 0 Å². The summed E-state index contributed by atoms with van der Waals surface area (Å²) in [6, 6.07) is 6.15. The second kappa shape index (κ2) is 7.21. The molecule has 1 fully saturated rings. The Labute approximate surface area is 131 Å². The number of nitrogens with zero attached hydrogens (tertiary/aromatic N) is 1. The van der Waals surface area contributed by atoms with Crippen LogP contribution in [-0.2, 0) is 14.8 Å². The average molecular weight is 325 g/mol. The fourth-order valence-electron chi connectivity index (χ4n) is 2.65. The number of piperidine rings is 1. The van der Waals surface area contributed by atoms with Gasteiger partial charge in [-0.25, -0.2) is 13.1 Å². The summed E-state index contributed by atoms with van der Waals surface area (Å²) in [7, 11) is -3.53. The van der Waals surface area contributed by atoms with Gasteiger partial charge >= 0.3 is 0 Å². The monoisotopic (exact) mass is 325 g/mol. The van der Waals surface area contributed by atoms with Crippen LogP contribution >= 0.6 is 0 Å². The van der Waals surface area contributed by atoms with E-state index in [0.717, 1.165) is 32.5 Å². The molecular weight excluding hydrogens is 302 g/mol. The SMILES string of the molecule is CCN1CCCC(NS(=O)(=O)c2ccc(NC(C)=O)cc2)C1. The Kier molecular flexibility index (Phi) is 5.55. The van der Waals surface area contributed by atoms with Crippen LogP contribution in [0, 0.1) is 0 Å². The second-order valence-corrected chi connectivity index (χ2v) is 7.27. The van der Waals surface area contributed by atoms with E-state index in [1.165, 1.54) is 19.1 Å². The van der Waals surface area contributed by atoms with E-state index in [4.69, 9.17) is 0 Å². The molecule has 22 heavy (non-hydrogen) atoms. The molecule has 1 saturated heterocycles. The summed E-state index contributed by atoms with van der Waals surface area (Å²) in [6.07, 6.45) is 1.86. The molecule has 1 aliphatic rings. The highest BCUT2D eigenvalue weighted by atomic mass is 32.2. The zero-order valence-electron chi connectivity index (χ0n) is 13.0. The first kappa shape index (κ1) is 16.9. The third-order valence-corrected chi connectivity index (χ3v) is 5.30. The number of benzene rings is 1. The molecule has 1 atom stereocenters. The Balaban J connectivity index is 2.04. The van der Waals surface area contributed by atoms with Crippen LogP contribution in [0.25, 0.3) is 0 Å². The number of likely N-dealkylation sites (N-methyl/N-ethyl adjacent to an activating group) is 1. The lowest BCUT2D eigenvalue weighted by Crippen LogP contribution is -2.47. The van der Waals surface area contributed by atoms with Crippen LogP contribution in [0.3, 0.4) is 0 Å². The Bertz CT molecular complexity index is 613. The van der Waals surface area contributed by atoms with E-state index in [9.17, 15) is 13.2 Å². The van der Waals surface area contributed by atoms with E-state index in [-0.39, 0.29) is 16.8 Å². The Morgan fingerprint density at radius 3 is 2.59 bits per heavy atom. The van der Waals surface area contributed by atoms with Crippen LogP contribution in [0.15, 0.2) is 29.2 Å². The van der Waals surface area contributed by atoms with Crippen LogP contribution < -0.4 is 10.0 Å². The van der Waals surface area contributed by atoms with Crippen LogP contribution in [0.4, 0.5) is 5.69 Å². The molecule has 2 rings (SSSR count). The maximum Gasteiger partial charge on any atom is 0.240 e. The molecule has 1 aromatic rings. The van der Waals surface area contributed by atoms with Crippen molar-refractivity contribution in [3.05, 3.63) is 24.3 Å². The van der Waals surface area contributed by atoms with E-state index in [2.05, 4.69) is 21.9 Å². The molecule has 1 amide bonds. The molecule has 0 radical (unpaired) electrons. The van der Waals surface area contributed by atoms with Crippen molar-refractivity contribution >= 4 is 21.6 Å². The van der Waals surface area contributed by atoms with Gasteiger partial charge < -0.3 is 10.2 Å². The van der Waals surface area contributed by atoms with Crippen molar-refractivity contribution in [2.24, 2.45) is 0 Å². The van der Waals surface area contributed by atoms with Crippen molar-refractivity contribution in [1.82, 2.24) is 9.62 Å². The Hall–Kier alpha value is -1.44. The van der Waals surface area contributed by atoms with Gasteiger partial charge in [-0.2, -0.15) is 0 Å². The molecule has 1 unspecified atom stereocenters. The quantitative estimate of drug-likeness (QED) is 0.858. The third-order valence-electron chi connectivity index (χ3n) is 3.76. The molecule has 7 heteroatoms. The molecule has 1 aromatic carbocycles. The van der Waals surface area contributed by atoms with Crippen molar-refractivity contribution in [2.45, 2.75) is 37.6 Å². The van der Waals surface area contributed by atoms with Gasteiger partial charge in [-0.3, -0.25) is 4.79 Å². The molecule has 0 saturated carbocycles. The third kappa shape index (κ3) is 4.53. The molecule has 1 heterocycles. The van der Waals surface area contributed by atoms with Crippen molar-refractivity contribution in [3.63, 3.8) is 0 Å². The fourth-order valence-corrected chi connectivity index (χ4v) is 3.91. The average Bonchev–Trinajstić information content (AvgIpc) is 2.47. The van der Waals surface area contributed by atoms with Crippen LogP contribution in [0.2, 0.25) is 0 Å². The van der Waals surface area contributed by atoms with Gasteiger partial charge in [0.2, 0.25) is 15.9 Å². The molecule has 0 aliphatic carbocycles. The molecule has 1 aliphatic heterocycles. The van der Waals surface area contributed by atoms with Gasteiger partial charge in [0.05, 0.1) is 4.90 Å². The van der Waals surface area contributed by atoms with Gasteiger partial charge in [0.25, 0.3) is 0 Å². The predicted molar refractivity (Wildman–Crippen MR) is 86.2 cm³/mol. The van der Waals surface area contributed by atoms with Crippen molar-refractivity contribution in [1.29, 1.82) is 0 Å². The number of likely N-dealkylation sites (tertiary alicyclic amines) is 1. The number of rotatable bonds is 5.